The number of amidine groups is 1. The maximum Gasteiger partial charge on any atom is 0.126 e. The van der Waals surface area contributed by atoms with Gasteiger partial charge in [0.25, 0.3) is 0 Å². The Balaban J connectivity index is 2.48. The molecule has 1 aromatic rings. The Morgan fingerprint density at radius 1 is 1.24 bits per heavy atom. The summed E-state index contributed by atoms with van der Waals surface area (Å²) in [5.41, 5.74) is 7.24. The maximum atomic E-state index is 7.94. The number of nitrogens with one attached hydrogen (secondary N) is 1. The molecule has 116 valence electrons. The Kier molecular flexibility index (Phi) is 4.26. The molecule has 1 fully saturated rings. The molecule has 3 N–H and O–H groups in total. The summed E-state index contributed by atoms with van der Waals surface area (Å²) in [5, 5.41) is 7.94. The van der Waals surface area contributed by atoms with Crippen LogP contribution < -0.4 is 10.6 Å². The minimum absolute atomic E-state index is 0.122. The van der Waals surface area contributed by atoms with Gasteiger partial charge < -0.3 is 15.4 Å². The number of thioether (sulfide) groups is 1. The normalized spacial score (nSPS) is 20.3. The van der Waals surface area contributed by atoms with Crippen LogP contribution in [-0.2, 0) is 4.74 Å². The molecule has 0 bridgehead atoms. The van der Waals surface area contributed by atoms with Gasteiger partial charge in [0.05, 0.1) is 16.8 Å². The molecule has 0 aliphatic carbocycles. The molecule has 0 radical (unpaired) electrons. The molecule has 1 aliphatic heterocycles. The number of nitrogen functional groups attached to an aromatic ring is 1. The van der Waals surface area contributed by atoms with Crippen molar-refractivity contribution in [2.24, 2.45) is 5.73 Å². The van der Waals surface area contributed by atoms with Crippen molar-refractivity contribution >= 4 is 23.3 Å². The lowest BCUT2D eigenvalue weighted by Gasteiger charge is -2.48. The predicted octanol–water partition coefficient (Wildman–Crippen LogP) is 3.09. The van der Waals surface area contributed by atoms with Crippen LogP contribution in [0.3, 0.4) is 0 Å². The number of anilines is 1. The molecule has 4 nitrogen and oxygen atoms in total. The lowest BCUT2D eigenvalue weighted by atomic mass is 9.97. The third-order valence-electron chi connectivity index (χ3n) is 3.53. The van der Waals surface area contributed by atoms with E-state index in [2.05, 4.69) is 32.6 Å². The molecule has 1 saturated heterocycles. The Hall–Kier alpha value is -1.20. The van der Waals surface area contributed by atoms with Crippen LogP contribution in [0.25, 0.3) is 0 Å². The van der Waals surface area contributed by atoms with Gasteiger partial charge in [-0.05, 0) is 46.1 Å². The number of benzene rings is 1. The Labute approximate surface area is 131 Å². The van der Waals surface area contributed by atoms with E-state index in [1.165, 1.54) is 0 Å². The lowest BCUT2D eigenvalue weighted by Crippen LogP contribution is -2.57. The summed E-state index contributed by atoms with van der Waals surface area (Å²) in [6.45, 7) is 9.99. The number of rotatable bonds is 3. The van der Waals surface area contributed by atoms with E-state index >= 15 is 0 Å². The number of ether oxygens (including phenoxy) is 1. The van der Waals surface area contributed by atoms with Crippen molar-refractivity contribution < 1.29 is 4.74 Å². The molecule has 0 amide bonds. The molecule has 1 heterocycles. The fourth-order valence-electron chi connectivity index (χ4n) is 3.18. The van der Waals surface area contributed by atoms with E-state index in [-0.39, 0.29) is 17.0 Å². The SMILES string of the molecule is CSc1cccc(N2CC(C)(C)OC(C)(C)C2)c1C(=N)N. The summed E-state index contributed by atoms with van der Waals surface area (Å²) in [6.07, 6.45) is 2.01. The zero-order valence-electron chi connectivity index (χ0n) is 13.5. The topological polar surface area (TPSA) is 62.3 Å². The maximum absolute atomic E-state index is 7.94. The van der Waals surface area contributed by atoms with Crippen molar-refractivity contribution in [3.63, 3.8) is 0 Å². The highest BCUT2D eigenvalue weighted by Crippen LogP contribution is 2.35. The molecule has 2 rings (SSSR count). The van der Waals surface area contributed by atoms with E-state index in [9.17, 15) is 0 Å². The van der Waals surface area contributed by atoms with E-state index < -0.39 is 0 Å². The van der Waals surface area contributed by atoms with Crippen LogP contribution in [0, 0.1) is 5.41 Å². The van der Waals surface area contributed by atoms with E-state index in [0.29, 0.717) is 0 Å². The lowest BCUT2D eigenvalue weighted by molar-refractivity contribution is -0.133. The highest BCUT2D eigenvalue weighted by Gasteiger charge is 2.39. The van der Waals surface area contributed by atoms with Gasteiger partial charge in [0.1, 0.15) is 5.84 Å². The quantitative estimate of drug-likeness (QED) is 0.512. The average Bonchev–Trinajstić information content (AvgIpc) is 2.33. The van der Waals surface area contributed by atoms with Gasteiger partial charge in [-0.15, -0.1) is 11.8 Å². The minimum atomic E-state index is -0.231. The van der Waals surface area contributed by atoms with Crippen LogP contribution in [0.2, 0.25) is 0 Å². The second kappa shape index (κ2) is 5.54. The monoisotopic (exact) mass is 307 g/mol. The second-order valence-corrected chi connectivity index (χ2v) is 7.59. The van der Waals surface area contributed by atoms with E-state index in [0.717, 1.165) is 29.2 Å². The smallest absolute Gasteiger partial charge is 0.126 e. The Bertz CT molecular complexity index is 538. The van der Waals surface area contributed by atoms with Gasteiger partial charge in [-0.3, -0.25) is 5.41 Å². The first-order chi connectivity index (χ1) is 9.65. The second-order valence-electron chi connectivity index (χ2n) is 6.75. The van der Waals surface area contributed by atoms with Crippen molar-refractivity contribution in [2.45, 2.75) is 43.8 Å². The first-order valence-corrected chi connectivity index (χ1v) is 8.34. The molecule has 21 heavy (non-hydrogen) atoms. The summed E-state index contributed by atoms with van der Waals surface area (Å²) < 4.78 is 6.14. The van der Waals surface area contributed by atoms with Crippen LogP contribution in [-0.4, -0.2) is 36.4 Å². The number of nitrogens with zero attached hydrogens (tertiary/aromatic N) is 1. The number of morpholine rings is 1. The highest BCUT2D eigenvalue weighted by atomic mass is 32.2. The van der Waals surface area contributed by atoms with Crippen LogP contribution in [0.5, 0.6) is 0 Å². The molecular weight excluding hydrogens is 282 g/mol. The molecular formula is C16H25N3OS. The first-order valence-electron chi connectivity index (χ1n) is 7.12. The van der Waals surface area contributed by atoms with E-state index in [1.807, 2.05) is 24.5 Å². The molecule has 0 saturated carbocycles. The standard InChI is InChI=1S/C16H25N3OS/c1-15(2)9-19(10-16(3,4)20-15)11-7-6-8-12(21-5)13(11)14(17)18/h6-8H,9-10H2,1-5H3,(H3,17,18). The van der Waals surface area contributed by atoms with Crippen molar-refractivity contribution in [3.8, 4) is 0 Å². The van der Waals surface area contributed by atoms with Crippen LogP contribution >= 0.6 is 11.8 Å². The van der Waals surface area contributed by atoms with Crippen molar-refractivity contribution in [1.82, 2.24) is 0 Å². The van der Waals surface area contributed by atoms with E-state index in [4.69, 9.17) is 15.9 Å². The summed E-state index contributed by atoms with van der Waals surface area (Å²) in [6, 6.07) is 6.10. The number of hydrogen-bond donors (Lipinski definition) is 2. The summed E-state index contributed by atoms with van der Waals surface area (Å²) in [5.74, 6) is 0.122. The summed E-state index contributed by atoms with van der Waals surface area (Å²) in [7, 11) is 0. The molecule has 0 aromatic heterocycles. The molecule has 0 unspecified atom stereocenters. The van der Waals surface area contributed by atoms with Gasteiger partial charge in [-0.1, -0.05) is 6.07 Å². The third-order valence-corrected chi connectivity index (χ3v) is 4.31. The molecule has 1 aliphatic rings. The summed E-state index contributed by atoms with van der Waals surface area (Å²) >= 11 is 1.62. The van der Waals surface area contributed by atoms with Gasteiger partial charge in [0.15, 0.2) is 0 Å². The predicted molar refractivity (Wildman–Crippen MR) is 90.7 cm³/mol. The summed E-state index contributed by atoms with van der Waals surface area (Å²) in [4.78, 5) is 3.34. The average molecular weight is 307 g/mol. The largest absolute Gasteiger partial charge is 0.384 e. The molecule has 1 aromatic carbocycles. The van der Waals surface area contributed by atoms with Gasteiger partial charge in [0, 0.05) is 23.7 Å². The van der Waals surface area contributed by atoms with Crippen LogP contribution in [0.4, 0.5) is 5.69 Å². The highest BCUT2D eigenvalue weighted by molar-refractivity contribution is 7.98. The van der Waals surface area contributed by atoms with E-state index in [1.54, 1.807) is 11.8 Å². The number of hydrogen-bond acceptors (Lipinski definition) is 4. The number of nitrogens with two attached hydrogens (primary N) is 1. The molecule has 0 spiro atoms. The van der Waals surface area contributed by atoms with Crippen LogP contribution in [0.1, 0.15) is 33.3 Å². The Morgan fingerprint density at radius 3 is 2.29 bits per heavy atom. The van der Waals surface area contributed by atoms with Gasteiger partial charge in [-0.2, -0.15) is 0 Å². The fourth-order valence-corrected chi connectivity index (χ4v) is 3.82. The van der Waals surface area contributed by atoms with Gasteiger partial charge in [0.2, 0.25) is 0 Å². The van der Waals surface area contributed by atoms with Gasteiger partial charge >= 0.3 is 0 Å². The Morgan fingerprint density at radius 2 is 1.81 bits per heavy atom. The van der Waals surface area contributed by atoms with Crippen molar-refractivity contribution in [1.29, 1.82) is 5.41 Å². The third kappa shape index (κ3) is 3.52. The first kappa shape index (κ1) is 16.2. The van der Waals surface area contributed by atoms with Crippen LogP contribution in [0.15, 0.2) is 23.1 Å². The molecule has 5 heteroatoms. The minimum Gasteiger partial charge on any atom is -0.384 e. The zero-order chi connectivity index (χ0) is 15.8. The van der Waals surface area contributed by atoms with Crippen molar-refractivity contribution in [3.05, 3.63) is 23.8 Å². The van der Waals surface area contributed by atoms with Crippen molar-refractivity contribution in [2.75, 3.05) is 24.2 Å². The molecule has 0 atom stereocenters. The fraction of sp³-hybridized carbons (Fsp3) is 0.562. The zero-order valence-corrected chi connectivity index (χ0v) is 14.3. The van der Waals surface area contributed by atoms with Gasteiger partial charge in [-0.25, -0.2) is 0 Å².